The summed E-state index contributed by atoms with van der Waals surface area (Å²) in [5.74, 6) is -0.835. The van der Waals surface area contributed by atoms with Gasteiger partial charge in [-0.3, -0.25) is 4.79 Å². The summed E-state index contributed by atoms with van der Waals surface area (Å²) in [5.41, 5.74) is 0.999. The van der Waals surface area contributed by atoms with Crippen molar-refractivity contribution in [3.8, 4) is 0 Å². The summed E-state index contributed by atoms with van der Waals surface area (Å²) in [4.78, 5) is 28.6. The number of hydrogen-bond donors (Lipinski definition) is 2. The van der Waals surface area contributed by atoms with E-state index in [9.17, 15) is 9.59 Å². The Bertz CT molecular complexity index is 474. The summed E-state index contributed by atoms with van der Waals surface area (Å²) in [6, 6.07) is -0.107. The largest absolute Gasteiger partial charge is 0.481 e. The lowest BCUT2D eigenvalue weighted by molar-refractivity contribution is -0.137. The lowest BCUT2D eigenvalue weighted by Gasteiger charge is -2.26. The highest BCUT2D eigenvalue weighted by atomic mass is 32.1. The van der Waals surface area contributed by atoms with E-state index in [0.717, 1.165) is 10.7 Å². The SMILES string of the molecule is Cc1csc(CCNC(=O)N(CCCC(=O)O)C(C)C)n1. The number of aliphatic carboxylic acids is 1. The Labute approximate surface area is 129 Å². The highest BCUT2D eigenvalue weighted by molar-refractivity contribution is 7.09. The predicted octanol–water partition coefficient (Wildman–Crippen LogP) is 2.28. The van der Waals surface area contributed by atoms with Gasteiger partial charge >= 0.3 is 12.0 Å². The molecule has 6 nitrogen and oxygen atoms in total. The quantitative estimate of drug-likeness (QED) is 0.771. The summed E-state index contributed by atoms with van der Waals surface area (Å²) in [5, 5.41) is 14.5. The van der Waals surface area contributed by atoms with Crippen molar-refractivity contribution in [2.45, 2.75) is 46.1 Å². The molecule has 21 heavy (non-hydrogen) atoms. The van der Waals surface area contributed by atoms with E-state index < -0.39 is 5.97 Å². The van der Waals surface area contributed by atoms with E-state index in [1.807, 2.05) is 26.2 Å². The number of carboxylic acid groups (broad SMARTS) is 1. The number of nitrogens with zero attached hydrogens (tertiary/aromatic N) is 2. The van der Waals surface area contributed by atoms with Gasteiger partial charge < -0.3 is 15.3 Å². The fourth-order valence-electron chi connectivity index (χ4n) is 1.89. The Kier molecular flexibility index (Phi) is 7.14. The number of carboxylic acids is 1. The van der Waals surface area contributed by atoms with Crippen LogP contribution in [0.25, 0.3) is 0 Å². The van der Waals surface area contributed by atoms with Gasteiger partial charge in [0.05, 0.1) is 5.01 Å². The number of rotatable bonds is 8. The Hall–Kier alpha value is -1.63. The van der Waals surface area contributed by atoms with Gasteiger partial charge in [0.25, 0.3) is 0 Å². The molecule has 1 aromatic heterocycles. The fraction of sp³-hybridized carbons (Fsp3) is 0.643. The van der Waals surface area contributed by atoms with Crippen LogP contribution in [0.2, 0.25) is 0 Å². The smallest absolute Gasteiger partial charge is 0.317 e. The van der Waals surface area contributed by atoms with Crippen LogP contribution < -0.4 is 5.32 Å². The molecule has 118 valence electrons. The van der Waals surface area contributed by atoms with Crippen LogP contribution in [0.4, 0.5) is 4.79 Å². The third-order valence-electron chi connectivity index (χ3n) is 2.96. The zero-order valence-electron chi connectivity index (χ0n) is 12.8. The molecule has 0 spiro atoms. The number of thiazole rings is 1. The Morgan fingerprint density at radius 2 is 2.19 bits per heavy atom. The van der Waals surface area contributed by atoms with E-state index >= 15 is 0 Å². The van der Waals surface area contributed by atoms with Gasteiger partial charge in [0.2, 0.25) is 0 Å². The average Bonchev–Trinajstić information content (AvgIpc) is 2.79. The molecule has 2 amide bonds. The summed E-state index contributed by atoms with van der Waals surface area (Å²) in [7, 11) is 0. The molecule has 2 N–H and O–H groups in total. The lowest BCUT2D eigenvalue weighted by atomic mass is 10.2. The Morgan fingerprint density at radius 3 is 2.71 bits per heavy atom. The molecule has 0 aromatic carbocycles. The van der Waals surface area contributed by atoms with E-state index in [1.165, 1.54) is 0 Å². The maximum absolute atomic E-state index is 12.1. The standard InChI is InChI=1S/C14H23N3O3S/c1-10(2)17(8-4-5-13(18)19)14(20)15-7-6-12-16-11(3)9-21-12/h9-10H,4-8H2,1-3H3,(H,15,20)(H,18,19). The zero-order valence-corrected chi connectivity index (χ0v) is 13.6. The number of nitrogens with one attached hydrogen (secondary N) is 1. The molecule has 0 atom stereocenters. The molecule has 1 aromatic rings. The maximum atomic E-state index is 12.1. The number of urea groups is 1. The minimum Gasteiger partial charge on any atom is -0.481 e. The average molecular weight is 313 g/mol. The van der Waals surface area contributed by atoms with E-state index in [4.69, 9.17) is 5.11 Å². The monoisotopic (exact) mass is 313 g/mol. The van der Waals surface area contributed by atoms with Crippen LogP contribution in [0.5, 0.6) is 0 Å². The van der Waals surface area contributed by atoms with Crippen LogP contribution in [-0.2, 0) is 11.2 Å². The molecule has 0 aliphatic rings. The highest BCUT2D eigenvalue weighted by Crippen LogP contribution is 2.09. The van der Waals surface area contributed by atoms with Crippen LogP contribution >= 0.6 is 11.3 Å². The van der Waals surface area contributed by atoms with Crippen molar-refractivity contribution in [3.63, 3.8) is 0 Å². The van der Waals surface area contributed by atoms with E-state index in [1.54, 1.807) is 16.2 Å². The molecule has 0 aliphatic carbocycles. The van der Waals surface area contributed by atoms with Crippen LogP contribution in [0.3, 0.4) is 0 Å². The molecule has 0 fully saturated rings. The van der Waals surface area contributed by atoms with Gasteiger partial charge in [-0.2, -0.15) is 0 Å². The predicted molar refractivity (Wildman–Crippen MR) is 82.7 cm³/mol. The van der Waals surface area contributed by atoms with Gasteiger partial charge in [0.15, 0.2) is 0 Å². The molecule has 1 heterocycles. The third kappa shape index (κ3) is 6.57. The number of hydrogen-bond acceptors (Lipinski definition) is 4. The van der Waals surface area contributed by atoms with E-state index in [0.29, 0.717) is 25.9 Å². The number of carbonyl (C=O) groups is 2. The molecule has 0 bridgehead atoms. The number of amides is 2. The van der Waals surface area contributed by atoms with Gasteiger partial charge in [-0.25, -0.2) is 9.78 Å². The highest BCUT2D eigenvalue weighted by Gasteiger charge is 2.16. The van der Waals surface area contributed by atoms with Crippen molar-refractivity contribution in [1.29, 1.82) is 0 Å². The van der Waals surface area contributed by atoms with Gasteiger partial charge in [-0.15, -0.1) is 11.3 Å². The van der Waals surface area contributed by atoms with Crippen LogP contribution in [0, 0.1) is 6.92 Å². The minimum absolute atomic E-state index is 0.0425. The number of aryl methyl sites for hydroxylation is 1. The number of aromatic nitrogens is 1. The van der Waals surface area contributed by atoms with Crippen molar-refractivity contribution in [2.75, 3.05) is 13.1 Å². The molecule has 7 heteroatoms. The Balaban J connectivity index is 2.36. The van der Waals surface area contributed by atoms with Gasteiger partial charge in [0, 0.05) is 43.0 Å². The summed E-state index contributed by atoms with van der Waals surface area (Å²) < 4.78 is 0. The van der Waals surface area contributed by atoms with Gasteiger partial charge in [-0.05, 0) is 27.2 Å². The second kappa shape index (κ2) is 8.61. The first-order valence-electron chi connectivity index (χ1n) is 7.07. The van der Waals surface area contributed by atoms with Crippen LogP contribution in [0.15, 0.2) is 5.38 Å². The van der Waals surface area contributed by atoms with Crippen LogP contribution in [0.1, 0.15) is 37.4 Å². The van der Waals surface area contributed by atoms with Gasteiger partial charge in [-0.1, -0.05) is 0 Å². The molecule has 0 unspecified atom stereocenters. The number of carbonyl (C=O) groups excluding carboxylic acids is 1. The van der Waals surface area contributed by atoms with E-state index in [2.05, 4.69) is 10.3 Å². The second-order valence-electron chi connectivity index (χ2n) is 5.15. The molecular formula is C14H23N3O3S. The zero-order chi connectivity index (χ0) is 15.8. The molecule has 0 radical (unpaired) electrons. The van der Waals surface area contributed by atoms with Crippen molar-refractivity contribution < 1.29 is 14.7 Å². The summed E-state index contributed by atoms with van der Waals surface area (Å²) in [6.45, 7) is 6.77. The van der Waals surface area contributed by atoms with Crippen LogP contribution in [-0.4, -0.2) is 46.1 Å². The van der Waals surface area contributed by atoms with Gasteiger partial charge in [0.1, 0.15) is 0 Å². The third-order valence-corrected chi connectivity index (χ3v) is 3.98. The molecule has 0 aliphatic heterocycles. The lowest BCUT2D eigenvalue weighted by Crippen LogP contribution is -2.45. The van der Waals surface area contributed by atoms with Crippen molar-refractivity contribution in [3.05, 3.63) is 16.1 Å². The summed E-state index contributed by atoms with van der Waals surface area (Å²) in [6.07, 6.45) is 1.26. The molecule has 0 saturated heterocycles. The topological polar surface area (TPSA) is 82.5 Å². The first kappa shape index (κ1) is 17.4. The fourth-order valence-corrected chi connectivity index (χ4v) is 2.67. The van der Waals surface area contributed by atoms with Crippen molar-refractivity contribution in [2.24, 2.45) is 0 Å². The van der Waals surface area contributed by atoms with E-state index in [-0.39, 0.29) is 18.5 Å². The summed E-state index contributed by atoms with van der Waals surface area (Å²) >= 11 is 1.59. The molecular weight excluding hydrogens is 290 g/mol. The molecule has 1 rings (SSSR count). The first-order valence-corrected chi connectivity index (χ1v) is 7.95. The minimum atomic E-state index is -0.835. The maximum Gasteiger partial charge on any atom is 0.317 e. The normalized spacial score (nSPS) is 10.7. The van der Waals surface area contributed by atoms with Crippen molar-refractivity contribution in [1.82, 2.24) is 15.2 Å². The second-order valence-corrected chi connectivity index (χ2v) is 6.09. The molecule has 0 saturated carbocycles. The Morgan fingerprint density at radius 1 is 1.48 bits per heavy atom. The van der Waals surface area contributed by atoms with Crippen molar-refractivity contribution >= 4 is 23.3 Å². The first-order chi connectivity index (χ1) is 9.90.